The maximum Gasteiger partial charge on any atom is 0.271 e. The van der Waals surface area contributed by atoms with Gasteiger partial charge in [-0.25, -0.2) is 4.99 Å². The second-order valence-corrected chi connectivity index (χ2v) is 10.7. The largest absolute Gasteiger partial charge is 0.497 e. The molecule has 1 atom stereocenters. The SMILES string of the molecule is COc1ccc([C@@H]2C3=C(N=c4s/c(=C\c5cccc(I)c5)c(=O)n42)c2ccccc2CC3)cc1. The number of nitrogens with zero attached hydrogens (tertiary/aromatic N) is 2. The lowest BCUT2D eigenvalue weighted by Crippen LogP contribution is -2.38. The Morgan fingerprint density at radius 3 is 2.68 bits per heavy atom. The van der Waals surface area contributed by atoms with E-state index in [-0.39, 0.29) is 11.6 Å². The van der Waals surface area contributed by atoms with Gasteiger partial charge in [0.1, 0.15) is 5.75 Å². The van der Waals surface area contributed by atoms with Gasteiger partial charge in [-0.1, -0.05) is 59.9 Å². The topological polar surface area (TPSA) is 43.6 Å². The highest BCUT2D eigenvalue weighted by Crippen LogP contribution is 2.41. The highest BCUT2D eigenvalue weighted by atomic mass is 127. The summed E-state index contributed by atoms with van der Waals surface area (Å²) in [4.78, 5) is 19.6. The molecule has 0 saturated heterocycles. The molecule has 0 amide bonds. The molecule has 168 valence electrons. The molecule has 2 aliphatic rings. The molecule has 34 heavy (non-hydrogen) atoms. The molecule has 1 aromatic heterocycles. The van der Waals surface area contributed by atoms with E-state index < -0.39 is 0 Å². The summed E-state index contributed by atoms with van der Waals surface area (Å²) in [7, 11) is 1.67. The number of fused-ring (bicyclic) bond motifs is 3. The van der Waals surface area contributed by atoms with E-state index in [0.29, 0.717) is 4.53 Å². The number of rotatable bonds is 3. The van der Waals surface area contributed by atoms with Crippen LogP contribution in [0.15, 0.2) is 88.2 Å². The van der Waals surface area contributed by atoms with Crippen LogP contribution in [0.2, 0.25) is 0 Å². The van der Waals surface area contributed by atoms with Crippen molar-refractivity contribution in [2.75, 3.05) is 7.11 Å². The predicted octanol–water partition coefficient (Wildman–Crippen LogP) is 4.93. The lowest BCUT2D eigenvalue weighted by molar-refractivity contribution is 0.414. The first-order chi connectivity index (χ1) is 16.6. The summed E-state index contributed by atoms with van der Waals surface area (Å²) in [6.07, 6.45) is 3.81. The molecule has 3 aromatic carbocycles. The van der Waals surface area contributed by atoms with Crippen molar-refractivity contribution >= 4 is 45.7 Å². The van der Waals surface area contributed by atoms with E-state index in [1.807, 2.05) is 34.9 Å². The van der Waals surface area contributed by atoms with Crippen molar-refractivity contribution < 1.29 is 4.74 Å². The van der Waals surface area contributed by atoms with Gasteiger partial charge in [0.15, 0.2) is 4.80 Å². The van der Waals surface area contributed by atoms with E-state index in [1.165, 1.54) is 28.0 Å². The number of aromatic nitrogens is 1. The number of halogens is 1. The van der Waals surface area contributed by atoms with Crippen molar-refractivity contribution in [1.82, 2.24) is 4.57 Å². The Hall–Kier alpha value is -2.97. The summed E-state index contributed by atoms with van der Waals surface area (Å²) in [6.45, 7) is 0. The van der Waals surface area contributed by atoms with Crippen LogP contribution in [-0.2, 0) is 6.42 Å². The molecule has 0 saturated carbocycles. The van der Waals surface area contributed by atoms with Crippen molar-refractivity contribution in [1.29, 1.82) is 0 Å². The van der Waals surface area contributed by atoms with Crippen molar-refractivity contribution in [3.8, 4) is 5.75 Å². The minimum absolute atomic E-state index is 0.00818. The highest BCUT2D eigenvalue weighted by Gasteiger charge is 2.32. The molecule has 4 aromatic rings. The van der Waals surface area contributed by atoms with Gasteiger partial charge in [0.25, 0.3) is 5.56 Å². The zero-order valence-corrected chi connectivity index (χ0v) is 21.5. The van der Waals surface area contributed by atoms with Gasteiger partial charge in [0.2, 0.25) is 0 Å². The van der Waals surface area contributed by atoms with Crippen molar-refractivity contribution in [3.05, 3.63) is 124 Å². The minimum atomic E-state index is -0.177. The van der Waals surface area contributed by atoms with Gasteiger partial charge in [0, 0.05) is 9.13 Å². The fourth-order valence-electron chi connectivity index (χ4n) is 4.86. The average molecular weight is 576 g/mol. The van der Waals surface area contributed by atoms with Crippen LogP contribution in [0.25, 0.3) is 11.8 Å². The zero-order chi connectivity index (χ0) is 23.2. The molecule has 0 radical (unpaired) electrons. The van der Waals surface area contributed by atoms with Crippen molar-refractivity contribution in [2.24, 2.45) is 4.99 Å². The lowest BCUT2D eigenvalue weighted by Gasteiger charge is -2.30. The molecule has 6 rings (SSSR count). The van der Waals surface area contributed by atoms with Gasteiger partial charge in [-0.05, 0) is 88.0 Å². The number of benzene rings is 3. The van der Waals surface area contributed by atoms with Crippen molar-refractivity contribution in [2.45, 2.75) is 18.9 Å². The molecule has 0 unspecified atom stereocenters. The first-order valence-electron chi connectivity index (χ1n) is 11.1. The molecule has 2 heterocycles. The molecule has 0 fully saturated rings. The maximum atomic E-state index is 13.8. The highest BCUT2D eigenvalue weighted by molar-refractivity contribution is 14.1. The van der Waals surface area contributed by atoms with Gasteiger partial charge in [0.05, 0.1) is 23.4 Å². The Kier molecular flexibility index (Phi) is 5.50. The third kappa shape index (κ3) is 3.65. The standard InChI is InChI=1S/C28H21IN2O2S/c1-33-21-12-9-19(10-13-21)26-23-14-11-18-6-2-3-8-22(18)25(23)30-28-31(26)27(32)24(34-28)16-17-5-4-7-20(29)15-17/h2-10,12-13,15-16,26H,11,14H2,1H3/b24-16-/t26-/m1/s1. The number of allylic oxidation sites excluding steroid dienone is 1. The summed E-state index contributed by atoms with van der Waals surface area (Å²) in [6, 6.07) is 24.6. The van der Waals surface area contributed by atoms with E-state index in [2.05, 4.69) is 71.1 Å². The number of thiazole rings is 1. The monoisotopic (exact) mass is 576 g/mol. The second-order valence-electron chi connectivity index (χ2n) is 8.44. The Labute approximate surface area is 214 Å². The maximum absolute atomic E-state index is 13.8. The number of hydrogen-bond donors (Lipinski definition) is 0. The van der Waals surface area contributed by atoms with Crippen LogP contribution >= 0.6 is 33.9 Å². The van der Waals surface area contributed by atoms with E-state index in [9.17, 15) is 4.79 Å². The Morgan fingerprint density at radius 2 is 1.88 bits per heavy atom. The summed E-state index contributed by atoms with van der Waals surface area (Å²) in [5, 5.41) is 0. The molecule has 0 N–H and O–H groups in total. The van der Waals surface area contributed by atoms with Crippen LogP contribution in [0.3, 0.4) is 0 Å². The summed E-state index contributed by atoms with van der Waals surface area (Å²) < 4.78 is 9.11. The molecular formula is C28H21IN2O2S. The fourth-order valence-corrected chi connectivity index (χ4v) is 6.42. The number of ether oxygens (including phenoxy) is 1. The van der Waals surface area contributed by atoms with Gasteiger partial charge in [-0.15, -0.1) is 0 Å². The third-order valence-corrected chi connectivity index (χ3v) is 8.10. The molecule has 1 aliphatic heterocycles. The molecule has 0 bridgehead atoms. The van der Waals surface area contributed by atoms with Gasteiger partial charge < -0.3 is 4.74 Å². The lowest BCUT2D eigenvalue weighted by atomic mass is 9.83. The second kappa shape index (κ2) is 8.67. The Balaban J connectivity index is 1.61. The van der Waals surface area contributed by atoms with E-state index in [0.717, 1.165) is 43.8 Å². The first kappa shape index (κ1) is 21.6. The Morgan fingerprint density at radius 1 is 1.06 bits per heavy atom. The molecule has 4 nitrogen and oxygen atoms in total. The Bertz CT molecular complexity index is 1630. The normalized spacial score (nSPS) is 17.0. The summed E-state index contributed by atoms with van der Waals surface area (Å²) in [5.41, 5.74) is 6.82. The number of methoxy groups -OCH3 is 1. The van der Waals surface area contributed by atoms with Gasteiger partial charge in [-0.3, -0.25) is 9.36 Å². The van der Waals surface area contributed by atoms with E-state index in [4.69, 9.17) is 9.73 Å². The summed E-state index contributed by atoms with van der Waals surface area (Å²) in [5.74, 6) is 0.804. The van der Waals surface area contributed by atoms with Gasteiger partial charge >= 0.3 is 0 Å². The van der Waals surface area contributed by atoms with E-state index in [1.54, 1.807) is 7.11 Å². The molecule has 6 heteroatoms. The quantitative estimate of drug-likeness (QED) is 0.325. The molecule has 0 spiro atoms. The van der Waals surface area contributed by atoms with Crippen LogP contribution in [0.4, 0.5) is 0 Å². The smallest absolute Gasteiger partial charge is 0.271 e. The van der Waals surface area contributed by atoms with E-state index >= 15 is 0 Å². The summed E-state index contributed by atoms with van der Waals surface area (Å²) >= 11 is 3.76. The number of hydrogen-bond acceptors (Lipinski definition) is 4. The van der Waals surface area contributed by atoms with Crippen LogP contribution in [-0.4, -0.2) is 11.7 Å². The third-order valence-electron chi connectivity index (χ3n) is 6.45. The van der Waals surface area contributed by atoms with Crippen LogP contribution in [0.5, 0.6) is 5.75 Å². The van der Waals surface area contributed by atoms with Crippen molar-refractivity contribution in [3.63, 3.8) is 0 Å². The fraction of sp³-hybridized carbons (Fsp3) is 0.143. The predicted molar refractivity (Wildman–Crippen MR) is 145 cm³/mol. The van der Waals surface area contributed by atoms with Crippen LogP contribution in [0.1, 0.15) is 34.7 Å². The molecular weight excluding hydrogens is 555 g/mol. The average Bonchev–Trinajstić information content (AvgIpc) is 3.17. The van der Waals surface area contributed by atoms with Crippen LogP contribution < -0.4 is 19.6 Å². The van der Waals surface area contributed by atoms with Crippen LogP contribution in [0, 0.1) is 3.57 Å². The molecule has 1 aliphatic carbocycles. The number of aryl methyl sites for hydroxylation is 1. The first-order valence-corrected chi connectivity index (χ1v) is 13.0. The minimum Gasteiger partial charge on any atom is -0.497 e. The van der Waals surface area contributed by atoms with Gasteiger partial charge in [-0.2, -0.15) is 0 Å². The zero-order valence-electron chi connectivity index (χ0n) is 18.5.